The van der Waals surface area contributed by atoms with Crippen molar-refractivity contribution in [2.75, 3.05) is 0 Å². The minimum Gasteiger partial charge on any atom is -0.481 e. The lowest BCUT2D eigenvalue weighted by atomic mass is 10.1. The number of hydrogen-bond acceptors (Lipinski definition) is 2. The Morgan fingerprint density at radius 2 is 2.20 bits per heavy atom. The number of aromatic nitrogens is 1. The Kier molecular flexibility index (Phi) is 3.18. The van der Waals surface area contributed by atoms with Crippen molar-refractivity contribution in [1.82, 2.24) is 4.98 Å². The first-order valence-electron chi connectivity index (χ1n) is 3.74. The van der Waals surface area contributed by atoms with Crippen LogP contribution in [-0.2, 0) is 10.7 Å². The van der Waals surface area contributed by atoms with E-state index < -0.39 is 34.8 Å². The molecule has 0 aliphatic carbocycles. The Hall–Kier alpha value is -1.30. The maximum Gasteiger partial charge on any atom is 0.309 e. The van der Waals surface area contributed by atoms with Gasteiger partial charge in [0.05, 0.1) is 11.8 Å². The molecule has 1 aromatic heterocycles. The van der Waals surface area contributed by atoms with Crippen molar-refractivity contribution < 1.29 is 23.1 Å². The standard InChI is InChI=1S/C8H5ClF3NO2/c9-7-5(1-4(10)3-13-7)8(11,12)2-6(14)15/h1,3H,2H2,(H,14,15). The number of rotatable bonds is 3. The summed E-state index contributed by atoms with van der Waals surface area (Å²) in [5, 5.41) is 7.62. The summed E-state index contributed by atoms with van der Waals surface area (Å²) in [4.78, 5) is 13.3. The largest absolute Gasteiger partial charge is 0.481 e. The summed E-state index contributed by atoms with van der Waals surface area (Å²) in [6.45, 7) is 0. The molecule has 0 fully saturated rings. The van der Waals surface area contributed by atoms with E-state index in [1.54, 1.807) is 0 Å². The van der Waals surface area contributed by atoms with Crippen molar-refractivity contribution in [3.8, 4) is 0 Å². The van der Waals surface area contributed by atoms with Gasteiger partial charge in [0.25, 0.3) is 5.92 Å². The molecule has 15 heavy (non-hydrogen) atoms. The van der Waals surface area contributed by atoms with E-state index in [-0.39, 0.29) is 0 Å². The summed E-state index contributed by atoms with van der Waals surface area (Å²) in [6.07, 6.45) is -0.791. The first kappa shape index (κ1) is 11.8. The van der Waals surface area contributed by atoms with E-state index in [0.717, 1.165) is 0 Å². The average Bonchev–Trinajstić information content (AvgIpc) is 2.06. The SMILES string of the molecule is O=C(O)CC(F)(F)c1cc(F)cnc1Cl. The van der Waals surface area contributed by atoms with Gasteiger partial charge in [0, 0.05) is 0 Å². The smallest absolute Gasteiger partial charge is 0.309 e. The quantitative estimate of drug-likeness (QED) is 0.825. The van der Waals surface area contributed by atoms with Crippen molar-refractivity contribution >= 4 is 17.6 Å². The number of carboxylic acids is 1. The van der Waals surface area contributed by atoms with Crippen LogP contribution in [0.1, 0.15) is 12.0 Å². The van der Waals surface area contributed by atoms with E-state index in [0.29, 0.717) is 12.3 Å². The van der Waals surface area contributed by atoms with Gasteiger partial charge in [0.15, 0.2) is 0 Å². The number of halogens is 4. The van der Waals surface area contributed by atoms with Crippen molar-refractivity contribution in [3.05, 3.63) is 28.8 Å². The van der Waals surface area contributed by atoms with Crippen LogP contribution in [0.15, 0.2) is 12.3 Å². The Labute approximate surface area is 87.5 Å². The van der Waals surface area contributed by atoms with Gasteiger partial charge in [-0.25, -0.2) is 18.2 Å². The predicted molar refractivity (Wildman–Crippen MR) is 45.4 cm³/mol. The molecule has 82 valence electrons. The number of nitrogens with zero attached hydrogens (tertiary/aromatic N) is 1. The first-order chi connectivity index (χ1) is 6.83. The Morgan fingerprint density at radius 1 is 1.60 bits per heavy atom. The second-order valence-corrected chi connectivity index (χ2v) is 3.12. The maximum absolute atomic E-state index is 13.2. The molecule has 1 aromatic rings. The van der Waals surface area contributed by atoms with Gasteiger partial charge < -0.3 is 5.11 Å². The zero-order chi connectivity index (χ0) is 11.6. The zero-order valence-electron chi connectivity index (χ0n) is 7.18. The van der Waals surface area contributed by atoms with E-state index in [1.807, 2.05) is 0 Å². The number of carbonyl (C=O) groups is 1. The Bertz CT molecular complexity index is 397. The van der Waals surface area contributed by atoms with Crippen LogP contribution in [0.25, 0.3) is 0 Å². The molecule has 0 radical (unpaired) electrons. The first-order valence-corrected chi connectivity index (χ1v) is 4.12. The fraction of sp³-hybridized carbons (Fsp3) is 0.250. The molecule has 0 saturated heterocycles. The number of pyridine rings is 1. The predicted octanol–water partition coefficient (Wildman–Crippen LogP) is 2.44. The zero-order valence-corrected chi connectivity index (χ0v) is 7.93. The molecule has 1 heterocycles. The van der Waals surface area contributed by atoms with Crippen LogP contribution < -0.4 is 0 Å². The third-order valence-electron chi connectivity index (χ3n) is 1.57. The Balaban J connectivity index is 3.13. The second-order valence-electron chi connectivity index (χ2n) is 2.77. The lowest BCUT2D eigenvalue weighted by molar-refractivity contribution is -0.145. The fourth-order valence-electron chi connectivity index (χ4n) is 0.964. The molecule has 1 rings (SSSR count). The van der Waals surface area contributed by atoms with E-state index in [1.165, 1.54) is 0 Å². The molecule has 0 aliphatic heterocycles. The van der Waals surface area contributed by atoms with Crippen LogP contribution in [0.2, 0.25) is 5.15 Å². The van der Waals surface area contributed by atoms with Gasteiger partial charge in [-0.05, 0) is 6.07 Å². The van der Waals surface area contributed by atoms with Gasteiger partial charge >= 0.3 is 5.97 Å². The topological polar surface area (TPSA) is 50.2 Å². The monoisotopic (exact) mass is 239 g/mol. The molecule has 0 amide bonds. The number of hydrogen-bond donors (Lipinski definition) is 1. The van der Waals surface area contributed by atoms with Crippen LogP contribution in [0.4, 0.5) is 13.2 Å². The molecule has 1 N–H and O–H groups in total. The van der Waals surface area contributed by atoms with Crippen LogP contribution in [0, 0.1) is 5.82 Å². The molecule has 0 spiro atoms. The third kappa shape index (κ3) is 2.82. The molecular formula is C8H5ClF3NO2. The summed E-state index contributed by atoms with van der Waals surface area (Å²) in [6, 6.07) is 0.471. The Morgan fingerprint density at radius 3 is 2.73 bits per heavy atom. The molecule has 0 atom stereocenters. The van der Waals surface area contributed by atoms with Gasteiger partial charge in [0.1, 0.15) is 17.4 Å². The lowest BCUT2D eigenvalue weighted by Crippen LogP contribution is -2.19. The summed E-state index contributed by atoms with van der Waals surface area (Å²) in [5.41, 5.74) is -0.924. The molecule has 0 unspecified atom stereocenters. The van der Waals surface area contributed by atoms with Crippen LogP contribution >= 0.6 is 11.6 Å². The maximum atomic E-state index is 13.2. The van der Waals surface area contributed by atoms with Gasteiger partial charge in [-0.1, -0.05) is 11.6 Å². The highest BCUT2D eigenvalue weighted by atomic mass is 35.5. The van der Waals surface area contributed by atoms with Crippen LogP contribution in [-0.4, -0.2) is 16.1 Å². The molecule has 3 nitrogen and oxygen atoms in total. The fourth-order valence-corrected chi connectivity index (χ4v) is 1.21. The molecule has 0 aliphatic rings. The molecule has 0 bridgehead atoms. The number of aliphatic carboxylic acids is 1. The summed E-state index contributed by atoms with van der Waals surface area (Å²) >= 11 is 5.31. The minimum atomic E-state index is -3.74. The van der Waals surface area contributed by atoms with E-state index in [9.17, 15) is 18.0 Å². The van der Waals surface area contributed by atoms with Crippen molar-refractivity contribution in [3.63, 3.8) is 0 Å². The highest BCUT2D eigenvalue weighted by Crippen LogP contribution is 2.35. The number of alkyl halides is 2. The van der Waals surface area contributed by atoms with E-state index >= 15 is 0 Å². The van der Waals surface area contributed by atoms with E-state index in [2.05, 4.69) is 4.98 Å². The highest BCUT2D eigenvalue weighted by molar-refractivity contribution is 6.30. The van der Waals surface area contributed by atoms with Gasteiger partial charge in [-0.3, -0.25) is 4.79 Å². The summed E-state index contributed by atoms with van der Waals surface area (Å²) < 4.78 is 39.0. The molecular weight excluding hydrogens is 235 g/mol. The van der Waals surface area contributed by atoms with Crippen molar-refractivity contribution in [2.24, 2.45) is 0 Å². The summed E-state index contributed by atoms with van der Waals surface area (Å²) in [5.74, 6) is -6.45. The van der Waals surface area contributed by atoms with Crippen LogP contribution in [0.5, 0.6) is 0 Å². The average molecular weight is 240 g/mol. The molecule has 0 aromatic carbocycles. The van der Waals surface area contributed by atoms with Crippen molar-refractivity contribution in [1.29, 1.82) is 0 Å². The third-order valence-corrected chi connectivity index (χ3v) is 1.87. The van der Waals surface area contributed by atoms with E-state index in [4.69, 9.17) is 16.7 Å². The lowest BCUT2D eigenvalue weighted by Gasteiger charge is -2.14. The van der Waals surface area contributed by atoms with Crippen LogP contribution in [0.3, 0.4) is 0 Å². The van der Waals surface area contributed by atoms with Crippen molar-refractivity contribution in [2.45, 2.75) is 12.3 Å². The number of carboxylic acid groups (broad SMARTS) is 1. The normalized spacial score (nSPS) is 11.5. The van der Waals surface area contributed by atoms with Gasteiger partial charge in [0.2, 0.25) is 0 Å². The molecule has 0 saturated carbocycles. The minimum absolute atomic E-state index is 0.471. The van der Waals surface area contributed by atoms with Gasteiger partial charge in [-0.2, -0.15) is 0 Å². The highest BCUT2D eigenvalue weighted by Gasteiger charge is 2.37. The molecule has 7 heteroatoms. The van der Waals surface area contributed by atoms with Gasteiger partial charge in [-0.15, -0.1) is 0 Å². The second kappa shape index (κ2) is 4.06. The summed E-state index contributed by atoms with van der Waals surface area (Å²) in [7, 11) is 0.